The van der Waals surface area contributed by atoms with Crippen LogP contribution >= 0.6 is 0 Å². The van der Waals surface area contributed by atoms with Crippen LogP contribution in [-0.2, 0) is 11.3 Å². The molecule has 5 heteroatoms. The van der Waals surface area contributed by atoms with Crippen LogP contribution < -0.4 is 10.2 Å². The van der Waals surface area contributed by atoms with E-state index in [9.17, 15) is 4.79 Å². The fraction of sp³-hybridized carbons (Fsp3) is 0.500. The summed E-state index contributed by atoms with van der Waals surface area (Å²) in [5, 5.41) is 3.39. The van der Waals surface area contributed by atoms with Crippen LogP contribution in [0.4, 0.5) is 5.95 Å². The first-order valence-electron chi connectivity index (χ1n) is 12.6. The lowest BCUT2D eigenvalue weighted by Crippen LogP contribution is -2.47. The SMILES string of the molecule is Cc1cccc(Cn2c(N3CCC(C(=O)N[C@@H]4CCCC[C@@H]4C)CC3)nc3ccccc32)c1. The minimum absolute atomic E-state index is 0.116. The third-order valence-electron chi connectivity index (χ3n) is 7.65. The molecule has 1 saturated heterocycles. The van der Waals surface area contributed by atoms with Crippen molar-refractivity contribution in [2.45, 2.75) is 65.0 Å². The first kappa shape index (κ1) is 22.0. The molecule has 33 heavy (non-hydrogen) atoms. The molecule has 5 rings (SSSR count). The summed E-state index contributed by atoms with van der Waals surface area (Å²) >= 11 is 0. The van der Waals surface area contributed by atoms with Crippen molar-refractivity contribution in [1.82, 2.24) is 14.9 Å². The second kappa shape index (κ2) is 9.58. The Kier molecular flexibility index (Phi) is 6.39. The number of nitrogens with one attached hydrogen (secondary N) is 1. The molecule has 1 aliphatic carbocycles. The number of rotatable bonds is 5. The highest BCUT2D eigenvalue weighted by Crippen LogP contribution is 2.29. The monoisotopic (exact) mass is 444 g/mol. The fourth-order valence-electron chi connectivity index (χ4n) is 5.63. The van der Waals surface area contributed by atoms with Gasteiger partial charge in [0.05, 0.1) is 17.6 Å². The number of benzene rings is 2. The lowest BCUT2D eigenvalue weighted by atomic mass is 9.85. The number of aromatic nitrogens is 2. The molecule has 1 N–H and O–H groups in total. The second-order valence-corrected chi connectivity index (χ2v) is 10.1. The van der Waals surface area contributed by atoms with Crippen molar-refractivity contribution in [1.29, 1.82) is 0 Å². The molecule has 2 atom stereocenters. The predicted molar refractivity (Wildman–Crippen MR) is 135 cm³/mol. The number of hydrogen-bond acceptors (Lipinski definition) is 3. The molecule has 174 valence electrons. The molecule has 2 heterocycles. The summed E-state index contributed by atoms with van der Waals surface area (Å²) in [5.74, 6) is 2.01. The smallest absolute Gasteiger partial charge is 0.223 e. The van der Waals surface area contributed by atoms with E-state index in [0.29, 0.717) is 12.0 Å². The van der Waals surface area contributed by atoms with Crippen molar-refractivity contribution in [2.24, 2.45) is 11.8 Å². The molecule has 0 unspecified atom stereocenters. The topological polar surface area (TPSA) is 50.2 Å². The van der Waals surface area contributed by atoms with Crippen molar-refractivity contribution in [3.05, 3.63) is 59.7 Å². The molecule has 1 amide bonds. The molecule has 0 spiro atoms. The van der Waals surface area contributed by atoms with Crippen LogP contribution in [0.25, 0.3) is 11.0 Å². The number of hydrogen-bond donors (Lipinski definition) is 1. The zero-order valence-corrected chi connectivity index (χ0v) is 20.0. The van der Waals surface area contributed by atoms with Gasteiger partial charge in [-0.15, -0.1) is 0 Å². The molecule has 0 radical (unpaired) electrons. The highest BCUT2D eigenvalue weighted by molar-refractivity contribution is 5.80. The number of para-hydroxylation sites is 2. The molecule has 2 fully saturated rings. The van der Waals surface area contributed by atoms with Gasteiger partial charge in [0.1, 0.15) is 0 Å². The molecule has 0 bridgehead atoms. The third-order valence-corrected chi connectivity index (χ3v) is 7.65. The van der Waals surface area contributed by atoms with E-state index >= 15 is 0 Å². The molecule has 3 aromatic rings. The first-order valence-corrected chi connectivity index (χ1v) is 12.6. The summed E-state index contributed by atoms with van der Waals surface area (Å²) in [6, 6.07) is 17.5. The first-order chi connectivity index (χ1) is 16.1. The number of imidazole rings is 1. The largest absolute Gasteiger partial charge is 0.353 e. The number of carbonyl (C=O) groups excluding carboxylic acids is 1. The maximum Gasteiger partial charge on any atom is 0.223 e. The Labute approximate surface area is 197 Å². The van der Waals surface area contributed by atoms with E-state index in [-0.39, 0.29) is 11.8 Å². The molecule has 1 aliphatic heterocycles. The maximum absolute atomic E-state index is 13.0. The van der Waals surface area contributed by atoms with Gasteiger partial charge in [0.15, 0.2) is 0 Å². The van der Waals surface area contributed by atoms with E-state index in [1.165, 1.54) is 35.9 Å². The van der Waals surface area contributed by atoms with Gasteiger partial charge in [0, 0.05) is 25.0 Å². The number of nitrogens with zero attached hydrogens (tertiary/aromatic N) is 3. The van der Waals surface area contributed by atoms with Crippen molar-refractivity contribution >= 4 is 22.9 Å². The zero-order valence-electron chi connectivity index (χ0n) is 20.0. The van der Waals surface area contributed by atoms with Crippen LogP contribution in [0.15, 0.2) is 48.5 Å². The Morgan fingerprint density at radius 2 is 1.82 bits per heavy atom. The lowest BCUT2D eigenvalue weighted by molar-refractivity contribution is -0.126. The molecule has 1 saturated carbocycles. The Hall–Kier alpha value is -2.82. The Morgan fingerprint density at radius 3 is 2.61 bits per heavy atom. The highest BCUT2D eigenvalue weighted by atomic mass is 16.2. The van der Waals surface area contributed by atoms with Gasteiger partial charge < -0.3 is 14.8 Å². The summed E-state index contributed by atoms with van der Waals surface area (Å²) in [6.45, 7) is 6.97. The Balaban J connectivity index is 1.30. The van der Waals surface area contributed by atoms with Gasteiger partial charge in [-0.3, -0.25) is 4.79 Å². The summed E-state index contributed by atoms with van der Waals surface area (Å²) in [6.07, 6.45) is 6.69. The number of amides is 1. The van der Waals surface area contributed by atoms with Crippen molar-refractivity contribution in [3.63, 3.8) is 0 Å². The van der Waals surface area contributed by atoms with Gasteiger partial charge >= 0.3 is 0 Å². The standard InChI is InChI=1S/C28H36N4O/c1-20-8-7-10-22(18-20)19-32-26-13-6-5-12-25(26)30-28(32)31-16-14-23(15-17-31)27(33)29-24-11-4-3-9-21(24)2/h5-8,10,12-13,18,21,23-24H,3-4,9,11,14-17,19H2,1-2H3,(H,29,33)/t21-,24+/m0/s1. The minimum Gasteiger partial charge on any atom is -0.353 e. The summed E-state index contributed by atoms with van der Waals surface area (Å²) in [5.41, 5.74) is 4.76. The number of piperidine rings is 1. The fourth-order valence-corrected chi connectivity index (χ4v) is 5.63. The molecular formula is C28H36N4O. The van der Waals surface area contributed by atoms with Gasteiger partial charge in [0.25, 0.3) is 0 Å². The van der Waals surface area contributed by atoms with E-state index in [4.69, 9.17) is 4.98 Å². The van der Waals surface area contributed by atoms with Crippen LogP contribution in [0.5, 0.6) is 0 Å². The van der Waals surface area contributed by atoms with Crippen molar-refractivity contribution in [2.75, 3.05) is 18.0 Å². The van der Waals surface area contributed by atoms with E-state index in [2.05, 4.69) is 77.2 Å². The molecule has 2 aliphatic rings. The highest BCUT2D eigenvalue weighted by Gasteiger charge is 2.30. The molecule has 5 nitrogen and oxygen atoms in total. The number of fused-ring (bicyclic) bond motifs is 1. The quantitative estimate of drug-likeness (QED) is 0.581. The zero-order chi connectivity index (χ0) is 22.8. The number of carbonyl (C=O) groups is 1. The second-order valence-electron chi connectivity index (χ2n) is 10.1. The molecule has 1 aromatic heterocycles. The lowest BCUT2D eigenvalue weighted by Gasteiger charge is -2.35. The normalized spacial score (nSPS) is 21.9. The van der Waals surface area contributed by atoms with Gasteiger partial charge in [-0.1, -0.05) is 61.7 Å². The molecule has 2 aromatic carbocycles. The summed E-state index contributed by atoms with van der Waals surface area (Å²) in [7, 11) is 0. The van der Waals surface area contributed by atoms with E-state index in [1.807, 2.05) is 0 Å². The van der Waals surface area contributed by atoms with Gasteiger partial charge in [-0.25, -0.2) is 4.98 Å². The van der Waals surface area contributed by atoms with E-state index in [0.717, 1.165) is 50.4 Å². The average molecular weight is 445 g/mol. The van der Waals surface area contributed by atoms with Crippen LogP contribution in [0, 0.1) is 18.8 Å². The Bertz CT molecular complexity index is 1110. The average Bonchev–Trinajstić information content (AvgIpc) is 3.19. The van der Waals surface area contributed by atoms with Crippen molar-refractivity contribution in [3.8, 4) is 0 Å². The molecular weight excluding hydrogens is 408 g/mol. The summed E-state index contributed by atoms with van der Waals surface area (Å²) in [4.78, 5) is 20.4. The van der Waals surface area contributed by atoms with E-state index in [1.54, 1.807) is 0 Å². The Morgan fingerprint density at radius 1 is 1.03 bits per heavy atom. The van der Waals surface area contributed by atoms with Gasteiger partial charge in [-0.05, 0) is 56.2 Å². The van der Waals surface area contributed by atoms with Gasteiger partial charge in [0.2, 0.25) is 11.9 Å². The third kappa shape index (κ3) is 4.78. The number of anilines is 1. The van der Waals surface area contributed by atoms with Crippen LogP contribution in [-0.4, -0.2) is 34.6 Å². The predicted octanol–water partition coefficient (Wildman–Crippen LogP) is 5.30. The minimum atomic E-state index is 0.116. The van der Waals surface area contributed by atoms with Crippen LogP contribution in [0.1, 0.15) is 56.6 Å². The maximum atomic E-state index is 13.0. The van der Waals surface area contributed by atoms with Crippen molar-refractivity contribution < 1.29 is 4.79 Å². The summed E-state index contributed by atoms with van der Waals surface area (Å²) < 4.78 is 2.34. The number of aryl methyl sites for hydroxylation is 1. The van der Waals surface area contributed by atoms with E-state index < -0.39 is 0 Å². The van der Waals surface area contributed by atoms with Crippen LogP contribution in [0.3, 0.4) is 0 Å². The van der Waals surface area contributed by atoms with Gasteiger partial charge in [-0.2, -0.15) is 0 Å². The van der Waals surface area contributed by atoms with Crippen LogP contribution in [0.2, 0.25) is 0 Å².